The van der Waals surface area contributed by atoms with E-state index in [9.17, 15) is 9.59 Å². The summed E-state index contributed by atoms with van der Waals surface area (Å²) in [5.41, 5.74) is 5.59. The molecule has 0 amide bonds. The summed E-state index contributed by atoms with van der Waals surface area (Å²) in [4.78, 5) is 21.9. The standard InChI is InChI=1S/C8H11N3O4/c1-11-6(5(9)7(12)13)4(3-10-11)8(14)15-2/h3,5H,9H2,1-2H3,(H,12,13). The number of rotatable bonds is 3. The van der Waals surface area contributed by atoms with Crippen LogP contribution in [0.25, 0.3) is 0 Å². The smallest absolute Gasteiger partial charge is 0.341 e. The molecule has 0 bridgehead atoms. The number of hydrogen-bond donors (Lipinski definition) is 2. The zero-order chi connectivity index (χ0) is 11.6. The van der Waals surface area contributed by atoms with Gasteiger partial charge in [-0.3, -0.25) is 9.48 Å². The zero-order valence-corrected chi connectivity index (χ0v) is 8.30. The van der Waals surface area contributed by atoms with Gasteiger partial charge in [0, 0.05) is 7.05 Å². The van der Waals surface area contributed by atoms with E-state index in [2.05, 4.69) is 9.84 Å². The summed E-state index contributed by atoms with van der Waals surface area (Å²) in [5, 5.41) is 12.5. The molecule has 0 aliphatic carbocycles. The number of nitrogens with two attached hydrogens (primary N) is 1. The first-order chi connectivity index (χ1) is 6.99. The van der Waals surface area contributed by atoms with Gasteiger partial charge in [-0.05, 0) is 0 Å². The van der Waals surface area contributed by atoms with E-state index in [0.717, 1.165) is 0 Å². The lowest BCUT2D eigenvalue weighted by Gasteiger charge is -2.08. The highest BCUT2D eigenvalue weighted by molar-refractivity contribution is 5.92. The SMILES string of the molecule is COC(=O)c1cnn(C)c1C(N)C(=O)O. The predicted molar refractivity (Wildman–Crippen MR) is 49.1 cm³/mol. The van der Waals surface area contributed by atoms with Crippen molar-refractivity contribution in [3.8, 4) is 0 Å². The Kier molecular flexibility index (Phi) is 3.05. The first-order valence-electron chi connectivity index (χ1n) is 4.07. The molecule has 0 aliphatic heterocycles. The van der Waals surface area contributed by atoms with Crippen molar-refractivity contribution in [1.82, 2.24) is 9.78 Å². The fraction of sp³-hybridized carbons (Fsp3) is 0.375. The van der Waals surface area contributed by atoms with Gasteiger partial charge < -0.3 is 15.6 Å². The molecule has 0 spiro atoms. The molecule has 0 radical (unpaired) electrons. The van der Waals surface area contributed by atoms with Crippen LogP contribution in [0, 0.1) is 0 Å². The molecule has 7 nitrogen and oxygen atoms in total. The van der Waals surface area contributed by atoms with Gasteiger partial charge in [0.05, 0.1) is 19.0 Å². The molecule has 1 heterocycles. The summed E-state index contributed by atoms with van der Waals surface area (Å²) in [6.45, 7) is 0. The van der Waals surface area contributed by atoms with E-state index in [1.165, 1.54) is 25.0 Å². The van der Waals surface area contributed by atoms with Crippen molar-refractivity contribution >= 4 is 11.9 Å². The summed E-state index contributed by atoms with van der Waals surface area (Å²) in [6, 6.07) is -1.30. The Morgan fingerprint density at radius 3 is 2.73 bits per heavy atom. The Labute approximate surface area is 85.4 Å². The van der Waals surface area contributed by atoms with Crippen LogP contribution in [0.4, 0.5) is 0 Å². The maximum absolute atomic E-state index is 11.3. The first kappa shape index (κ1) is 11.2. The summed E-state index contributed by atoms with van der Waals surface area (Å²) < 4.78 is 5.72. The number of carbonyl (C=O) groups excluding carboxylic acids is 1. The average Bonchev–Trinajstić information content (AvgIpc) is 2.57. The van der Waals surface area contributed by atoms with Crippen molar-refractivity contribution in [3.63, 3.8) is 0 Å². The van der Waals surface area contributed by atoms with Crippen LogP contribution in [0.3, 0.4) is 0 Å². The van der Waals surface area contributed by atoms with E-state index in [0.29, 0.717) is 0 Å². The molecule has 82 valence electrons. The Bertz CT molecular complexity index is 399. The van der Waals surface area contributed by atoms with E-state index in [1.54, 1.807) is 0 Å². The van der Waals surface area contributed by atoms with Crippen LogP contribution in [0.15, 0.2) is 6.20 Å². The molecule has 7 heteroatoms. The monoisotopic (exact) mass is 213 g/mol. The van der Waals surface area contributed by atoms with Crippen LogP contribution < -0.4 is 5.73 Å². The normalized spacial score (nSPS) is 12.2. The van der Waals surface area contributed by atoms with Crippen LogP contribution in [0.5, 0.6) is 0 Å². The number of carbonyl (C=O) groups is 2. The third kappa shape index (κ3) is 1.96. The van der Waals surface area contributed by atoms with Crippen molar-refractivity contribution in [2.45, 2.75) is 6.04 Å². The van der Waals surface area contributed by atoms with Gasteiger partial charge in [-0.15, -0.1) is 0 Å². The van der Waals surface area contributed by atoms with E-state index in [1.807, 2.05) is 0 Å². The van der Waals surface area contributed by atoms with Gasteiger partial charge in [0.1, 0.15) is 11.6 Å². The van der Waals surface area contributed by atoms with Gasteiger partial charge >= 0.3 is 11.9 Å². The molecular formula is C8H11N3O4. The minimum absolute atomic E-state index is 0.0647. The topological polar surface area (TPSA) is 107 Å². The van der Waals surface area contributed by atoms with Gasteiger partial charge in [-0.1, -0.05) is 0 Å². The van der Waals surface area contributed by atoms with Crippen molar-refractivity contribution in [2.75, 3.05) is 7.11 Å². The number of methoxy groups -OCH3 is 1. The number of nitrogens with zero attached hydrogens (tertiary/aromatic N) is 2. The quantitative estimate of drug-likeness (QED) is 0.642. The molecule has 15 heavy (non-hydrogen) atoms. The van der Waals surface area contributed by atoms with E-state index < -0.39 is 18.0 Å². The molecule has 1 aromatic rings. The lowest BCUT2D eigenvalue weighted by molar-refractivity contribution is -0.138. The number of carboxylic acid groups (broad SMARTS) is 1. The Hall–Kier alpha value is -1.89. The van der Waals surface area contributed by atoms with Gasteiger partial charge in [-0.2, -0.15) is 5.10 Å². The highest BCUT2D eigenvalue weighted by Crippen LogP contribution is 2.16. The predicted octanol–water partition coefficient (Wildman–Crippen LogP) is -0.709. The maximum atomic E-state index is 11.3. The first-order valence-corrected chi connectivity index (χ1v) is 4.07. The fourth-order valence-electron chi connectivity index (χ4n) is 1.20. The lowest BCUT2D eigenvalue weighted by atomic mass is 10.1. The second kappa shape index (κ2) is 4.09. The van der Waals surface area contributed by atoms with Crippen molar-refractivity contribution in [2.24, 2.45) is 12.8 Å². The van der Waals surface area contributed by atoms with Crippen molar-refractivity contribution in [1.29, 1.82) is 0 Å². The number of esters is 1. The van der Waals surface area contributed by atoms with Crippen LogP contribution in [-0.2, 0) is 16.6 Å². The van der Waals surface area contributed by atoms with Gasteiger partial charge in [0.25, 0.3) is 0 Å². The molecule has 1 atom stereocenters. The number of ether oxygens (including phenoxy) is 1. The molecule has 0 aliphatic rings. The van der Waals surface area contributed by atoms with E-state index in [-0.39, 0.29) is 11.3 Å². The highest BCUT2D eigenvalue weighted by Gasteiger charge is 2.26. The molecule has 1 unspecified atom stereocenters. The third-order valence-electron chi connectivity index (χ3n) is 1.95. The van der Waals surface area contributed by atoms with Crippen molar-refractivity contribution < 1.29 is 19.4 Å². The Balaban J connectivity index is 3.20. The summed E-state index contributed by atoms with van der Waals surface area (Å²) >= 11 is 0. The summed E-state index contributed by atoms with van der Waals surface area (Å²) in [7, 11) is 2.70. The molecule has 3 N–H and O–H groups in total. The molecule has 1 rings (SSSR count). The van der Waals surface area contributed by atoms with Gasteiger partial charge in [0.15, 0.2) is 0 Å². The minimum Gasteiger partial charge on any atom is -0.480 e. The van der Waals surface area contributed by atoms with Crippen LogP contribution >= 0.6 is 0 Å². The Morgan fingerprint density at radius 1 is 1.67 bits per heavy atom. The second-order valence-electron chi connectivity index (χ2n) is 2.87. The van der Waals surface area contributed by atoms with Crippen LogP contribution in [-0.4, -0.2) is 33.9 Å². The molecular weight excluding hydrogens is 202 g/mol. The minimum atomic E-state index is -1.30. The molecule has 0 aromatic carbocycles. The number of hydrogen-bond acceptors (Lipinski definition) is 5. The second-order valence-corrected chi connectivity index (χ2v) is 2.87. The van der Waals surface area contributed by atoms with Gasteiger partial charge in [-0.25, -0.2) is 4.79 Å². The lowest BCUT2D eigenvalue weighted by Crippen LogP contribution is -2.25. The highest BCUT2D eigenvalue weighted by atomic mass is 16.5. The van der Waals surface area contributed by atoms with E-state index >= 15 is 0 Å². The van der Waals surface area contributed by atoms with Crippen LogP contribution in [0.2, 0.25) is 0 Å². The molecule has 0 fully saturated rings. The number of aryl methyl sites for hydroxylation is 1. The number of carboxylic acids is 1. The molecule has 0 saturated carbocycles. The third-order valence-corrected chi connectivity index (χ3v) is 1.95. The fourth-order valence-corrected chi connectivity index (χ4v) is 1.20. The Morgan fingerprint density at radius 2 is 2.27 bits per heavy atom. The van der Waals surface area contributed by atoms with Gasteiger partial charge in [0.2, 0.25) is 0 Å². The molecule has 1 aromatic heterocycles. The number of aliphatic carboxylic acids is 1. The summed E-state index contributed by atoms with van der Waals surface area (Å²) in [6.07, 6.45) is 1.23. The number of aromatic nitrogens is 2. The maximum Gasteiger partial charge on any atom is 0.341 e. The zero-order valence-electron chi connectivity index (χ0n) is 8.30. The van der Waals surface area contributed by atoms with Crippen molar-refractivity contribution in [3.05, 3.63) is 17.5 Å². The summed E-state index contributed by atoms with van der Waals surface area (Å²) in [5.74, 6) is -1.89. The molecule has 0 saturated heterocycles. The van der Waals surface area contributed by atoms with Crippen LogP contribution in [0.1, 0.15) is 22.1 Å². The average molecular weight is 213 g/mol. The largest absolute Gasteiger partial charge is 0.480 e. The van der Waals surface area contributed by atoms with E-state index in [4.69, 9.17) is 10.8 Å².